The lowest BCUT2D eigenvalue weighted by Gasteiger charge is -2.22. The van der Waals surface area contributed by atoms with Crippen LogP contribution in [0.1, 0.15) is 31.7 Å². The molecular weight excluding hydrogens is 186 g/mol. The molecule has 2 nitrogen and oxygen atoms in total. The first-order valence-corrected chi connectivity index (χ1v) is 5.33. The molecule has 0 aliphatic heterocycles. The van der Waals surface area contributed by atoms with Crippen molar-refractivity contribution >= 4 is 0 Å². The molecule has 0 aliphatic rings. The van der Waals surface area contributed by atoms with Gasteiger partial charge in [0.2, 0.25) is 0 Å². The molecule has 0 saturated heterocycles. The van der Waals surface area contributed by atoms with Crippen LogP contribution in [0.4, 0.5) is 0 Å². The quantitative estimate of drug-likeness (QED) is 0.817. The molecule has 0 aromatic heterocycles. The van der Waals surface area contributed by atoms with Gasteiger partial charge in [0.25, 0.3) is 0 Å². The van der Waals surface area contributed by atoms with E-state index < -0.39 is 6.10 Å². The lowest BCUT2D eigenvalue weighted by molar-refractivity contribution is 0.107. The Kier molecular flexibility index (Phi) is 4.33. The minimum absolute atomic E-state index is 0.01000. The zero-order valence-corrected chi connectivity index (χ0v) is 9.22. The molecule has 1 rings (SSSR count). The fraction of sp³-hybridized carbons (Fsp3) is 0.462. The van der Waals surface area contributed by atoms with E-state index in [-0.39, 0.29) is 11.8 Å². The Hall–Kier alpha value is -1.33. The molecule has 0 spiro atoms. The lowest BCUT2D eigenvalue weighted by Crippen LogP contribution is -2.24. The molecule has 1 N–H and O–H groups in total. The topological polar surface area (TPSA) is 44.0 Å². The summed E-state index contributed by atoms with van der Waals surface area (Å²) in [5.41, 5.74) is 1.08. The zero-order chi connectivity index (χ0) is 11.3. The predicted molar refractivity (Wildman–Crippen MR) is 60.3 cm³/mol. The molecule has 0 fully saturated rings. The van der Waals surface area contributed by atoms with E-state index >= 15 is 0 Å². The van der Waals surface area contributed by atoms with Crippen molar-refractivity contribution in [1.29, 1.82) is 5.26 Å². The lowest BCUT2D eigenvalue weighted by atomic mass is 9.86. The Labute approximate surface area is 91.2 Å². The molecule has 3 unspecified atom stereocenters. The number of hydrogen-bond acceptors (Lipinski definition) is 2. The van der Waals surface area contributed by atoms with Crippen LogP contribution in [-0.2, 0) is 0 Å². The van der Waals surface area contributed by atoms with Gasteiger partial charge in [0.05, 0.1) is 18.1 Å². The third-order valence-electron chi connectivity index (χ3n) is 2.86. The fourth-order valence-electron chi connectivity index (χ4n) is 1.71. The summed E-state index contributed by atoms with van der Waals surface area (Å²) in [6.45, 7) is 3.88. The Morgan fingerprint density at radius 2 is 1.93 bits per heavy atom. The fourth-order valence-corrected chi connectivity index (χ4v) is 1.71. The van der Waals surface area contributed by atoms with E-state index in [0.717, 1.165) is 5.56 Å². The summed E-state index contributed by atoms with van der Waals surface area (Å²) < 4.78 is 0. The average Bonchev–Trinajstić information content (AvgIpc) is 2.30. The normalized spacial score (nSPS) is 16.4. The number of hydrogen-bond donors (Lipinski definition) is 1. The van der Waals surface area contributed by atoms with Gasteiger partial charge < -0.3 is 5.11 Å². The minimum Gasteiger partial charge on any atom is -0.391 e. The van der Waals surface area contributed by atoms with Gasteiger partial charge in [-0.2, -0.15) is 5.26 Å². The van der Waals surface area contributed by atoms with Crippen LogP contribution in [0.5, 0.6) is 0 Å². The summed E-state index contributed by atoms with van der Waals surface area (Å²) in [6.07, 6.45) is 0.108. The Morgan fingerprint density at radius 1 is 1.33 bits per heavy atom. The first kappa shape index (κ1) is 11.7. The van der Waals surface area contributed by atoms with Crippen molar-refractivity contribution in [2.24, 2.45) is 5.92 Å². The molecule has 0 aliphatic carbocycles. The molecule has 3 atom stereocenters. The maximum absolute atomic E-state index is 10.0. The molecule has 15 heavy (non-hydrogen) atoms. The second kappa shape index (κ2) is 5.53. The van der Waals surface area contributed by atoms with Crippen molar-refractivity contribution in [2.45, 2.75) is 32.3 Å². The van der Waals surface area contributed by atoms with Crippen LogP contribution in [0.15, 0.2) is 30.3 Å². The SMILES string of the molecule is CCC(C#N)C(O)C(C)c1ccccc1. The summed E-state index contributed by atoms with van der Waals surface area (Å²) in [6, 6.07) is 12.0. The van der Waals surface area contributed by atoms with Gasteiger partial charge >= 0.3 is 0 Å². The second-order valence-corrected chi connectivity index (χ2v) is 3.83. The van der Waals surface area contributed by atoms with Crippen LogP contribution in [0.25, 0.3) is 0 Å². The number of aliphatic hydroxyl groups is 1. The standard InChI is InChI=1S/C13H17NO/c1-3-11(9-14)13(15)10(2)12-7-5-4-6-8-12/h4-8,10-11,13,15H,3H2,1-2H3. The molecular formula is C13H17NO. The number of nitrogens with zero attached hydrogens (tertiary/aromatic N) is 1. The molecule has 0 bridgehead atoms. The largest absolute Gasteiger partial charge is 0.391 e. The monoisotopic (exact) mass is 203 g/mol. The minimum atomic E-state index is -0.581. The third-order valence-corrected chi connectivity index (χ3v) is 2.86. The van der Waals surface area contributed by atoms with Gasteiger partial charge in [-0.25, -0.2) is 0 Å². The van der Waals surface area contributed by atoms with Gasteiger partial charge in [-0.15, -0.1) is 0 Å². The van der Waals surface area contributed by atoms with E-state index in [0.29, 0.717) is 6.42 Å². The summed E-state index contributed by atoms with van der Waals surface area (Å²) in [5.74, 6) is -0.268. The van der Waals surface area contributed by atoms with Crippen LogP contribution in [0.2, 0.25) is 0 Å². The van der Waals surface area contributed by atoms with E-state index in [2.05, 4.69) is 6.07 Å². The van der Waals surface area contributed by atoms with Gasteiger partial charge in [0.1, 0.15) is 0 Å². The molecule has 0 heterocycles. The number of nitriles is 1. The summed E-state index contributed by atoms with van der Waals surface area (Å²) >= 11 is 0. The molecule has 2 heteroatoms. The van der Waals surface area contributed by atoms with Gasteiger partial charge in [-0.1, -0.05) is 44.2 Å². The summed E-state index contributed by atoms with van der Waals surface area (Å²) in [4.78, 5) is 0. The van der Waals surface area contributed by atoms with E-state index in [1.807, 2.05) is 44.2 Å². The molecule has 1 aromatic rings. The Balaban J connectivity index is 2.77. The Bertz CT molecular complexity index is 328. The van der Waals surface area contributed by atoms with Crippen molar-refractivity contribution < 1.29 is 5.11 Å². The number of rotatable bonds is 4. The maximum Gasteiger partial charge on any atom is 0.0763 e. The van der Waals surface area contributed by atoms with Crippen molar-refractivity contribution in [2.75, 3.05) is 0 Å². The molecule has 80 valence electrons. The van der Waals surface area contributed by atoms with E-state index in [9.17, 15) is 5.11 Å². The summed E-state index contributed by atoms with van der Waals surface area (Å²) in [7, 11) is 0. The zero-order valence-electron chi connectivity index (χ0n) is 9.22. The summed E-state index contributed by atoms with van der Waals surface area (Å²) in [5, 5.41) is 18.9. The van der Waals surface area contributed by atoms with Gasteiger partial charge in [-0.3, -0.25) is 0 Å². The predicted octanol–water partition coefficient (Wildman–Crippen LogP) is 2.70. The highest BCUT2D eigenvalue weighted by Gasteiger charge is 2.24. The van der Waals surface area contributed by atoms with Gasteiger partial charge in [-0.05, 0) is 12.0 Å². The smallest absolute Gasteiger partial charge is 0.0763 e. The van der Waals surface area contributed by atoms with Crippen molar-refractivity contribution in [1.82, 2.24) is 0 Å². The van der Waals surface area contributed by atoms with E-state index in [1.54, 1.807) is 0 Å². The van der Waals surface area contributed by atoms with Crippen LogP contribution >= 0.6 is 0 Å². The maximum atomic E-state index is 10.0. The average molecular weight is 203 g/mol. The molecule has 1 aromatic carbocycles. The molecule has 0 saturated carbocycles. The van der Waals surface area contributed by atoms with Gasteiger partial charge in [0, 0.05) is 5.92 Å². The van der Waals surface area contributed by atoms with Crippen LogP contribution in [0, 0.1) is 17.2 Å². The highest BCUT2D eigenvalue weighted by molar-refractivity contribution is 5.20. The highest BCUT2D eigenvalue weighted by Crippen LogP contribution is 2.25. The van der Waals surface area contributed by atoms with Crippen LogP contribution in [0.3, 0.4) is 0 Å². The molecule has 0 radical (unpaired) electrons. The second-order valence-electron chi connectivity index (χ2n) is 3.83. The number of benzene rings is 1. The van der Waals surface area contributed by atoms with Crippen molar-refractivity contribution in [3.63, 3.8) is 0 Å². The number of aliphatic hydroxyl groups excluding tert-OH is 1. The van der Waals surface area contributed by atoms with Crippen LogP contribution in [-0.4, -0.2) is 11.2 Å². The molecule has 0 amide bonds. The van der Waals surface area contributed by atoms with Gasteiger partial charge in [0.15, 0.2) is 0 Å². The van der Waals surface area contributed by atoms with E-state index in [1.165, 1.54) is 0 Å². The Morgan fingerprint density at radius 3 is 2.40 bits per heavy atom. The van der Waals surface area contributed by atoms with E-state index in [4.69, 9.17) is 5.26 Å². The third kappa shape index (κ3) is 2.81. The van der Waals surface area contributed by atoms with Crippen LogP contribution < -0.4 is 0 Å². The first-order chi connectivity index (χ1) is 7.20. The first-order valence-electron chi connectivity index (χ1n) is 5.33. The highest BCUT2D eigenvalue weighted by atomic mass is 16.3. The van der Waals surface area contributed by atoms with Crippen molar-refractivity contribution in [3.8, 4) is 6.07 Å². The van der Waals surface area contributed by atoms with Crippen molar-refractivity contribution in [3.05, 3.63) is 35.9 Å².